The normalized spacial score (nSPS) is 9.31. The molecule has 1 rings (SSSR count). The lowest BCUT2D eigenvalue weighted by atomic mass is 10.2. The molecule has 3 nitrogen and oxygen atoms in total. The number of aromatic nitrogens is 1. The second-order valence-corrected chi connectivity index (χ2v) is 2.46. The van der Waals surface area contributed by atoms with E-state index in [9.17, 15) is 0 Å². The van der Waals surface area contributed by atoms with Gasteiger partial charge >= 0.3 is 0 Å². The molecular weight excluding hydrogens is 166 g/mol. The number of rotatable bonds is 4. The van der Waals surface area contributed by atoms with Crippen LogP contribution >= 0.6 is 0 Å². The van der Waals surface area contributed by atoms with Crippen LogP contribution in [0, 0.1) is 0 Å². The molecule has 1 aromatic heterocycles. The number of ether oxygens (including phenoxy) is 1. The van der Waals surface area contributed by atoms with Gasteiger partial charge in [-0.05, 0) is 12.1 Å². The molecule has 0 aromatic carbocycles. The van der Waals surface area contributed by atoms with Crippen molar-refractivity contribution >= 4 is 5.76 Å². The van der Waals surface area contributed by atoms with E-state index in [1.54, 1.807) is 18.5 Å². The monoisotopic (exact) mass is 177 g/mol. The maximum atomic E-state index is 8.65. The van der Waals surface area contributed by atoms with E-state index in [1.807, 2.05) is 6.07 Å². The lowest BCUT2D eigenvalue weighted by Gasteiger charge is -2.08. The van der Waals surface area contributed by atoms with Crippen molar-refractivity contribution in [2.45, 2.75) is 0 Å². The Kier molecular flexibility index (Phi) is 3.23. The fourth-order valence-electron chi connectivity index (χ4n) is 0.793. The second-order valence-electron chi connectivity index (χ2n) is 2.46. The molecule has 3 heteroatoms. The van der Waals surface area contributed by atoms with E-state index in [4.69, 9.17) is 9.84 Å². The van der Waals surface area contributed by atoms with Crippen LogP contribution in [0.5, 0.6) is 0 Å². The fraction of sp³-hybridized carbons (Fsp3) is 0.100. The number of hydrogen-bond donors (Lipinski definition) is 1. The lowest BCUT2D eigenvalue weighted by Crippen LogP contribution is -1.95. The molecule has 0 aliphatic carbocycles. The van der Waals surface area contributed by atoms with Gasteiger partial charge in [-0.1, -0.05) is 13.2 Å². The summed E-state index contributed by atoms with van der Waals surface area (Å²) in [6, 6.07) is 3.60. The van der Waals surface area contributed by atoms with Gasteiger partial charge in [0.25, 0.3) is 0 Å². The number of aliphatic hydroxyl groups excluding tert-OH is 1. The van der Waals surface area contributed by atoms with Gasteiger partial charge in [0.2, 0.25) is 0 Å². The first-order valence-electron chi connectivity index (χ1n) is 3.80. The average Bonchev–Trinajstić information content (AvgIpc) is 2.19. The summed E-state index contributed by atoms with van der Waals surface area (Å²) in [6.07, 6.45) is 3.30. The smallest absolute Gasteiger partial charge is 0.128 e. The maximum absolute atomic E-state index is 8.65. The minimum absolute atomic E-state index is 0.209. The van der Waals surface area contributed by atoms with Gasteiger partial charge in [0.15, 0.2) is 0 Å². The van der Waals surface area contributed by atoms with Crippen molar-refractivity contribution in [1.82, 2.24) is 4.98 Å². The lowest BCUT2D eigenvalue weighted by molar-refractivity contribution is 0.249. The third-order valence-electron chi connectivity index (χ3n) is 1.43. The van der Waals surface area contributed by atoms with E-state index in [-0.39, 0.29) is 12.4 Å². The maximum Gasteiger partial charge on any atom is 0.128 e. The van der Waals surface area contributed by atoms with Gasteiger partial charge in [-0.15, -0.1) is 0 Å². The van der Waals surface area contributed by atoms with Crippen LogP contribution in [0.1, 0.15) is 5.56 Å². The van der Waals surface area contributed by atoms with Gasteiger partial charge in [-0.25, -0.2) is 0 Å². The van der Waals surface area contributed by atoms with E-state index in [1.165, 1.54) is 0 Å². The van der Waals surface area contributed by atoms with Crippen molar-refractivity contribution < 1.29 is 9.84 Å². The molecule has 68 valence electrons. The van der Waals surface area contributed by atoms with Gasteiger partial charge in [-0.3, -0.25) is 4.98 Å². The Balaban J connectivity index is 2.65. The molecule has 13 heavy (non-hydrogen) atoms. The van der Waals surface area contributed by atoms with Crippen molar-refractivity contribution in [2.24, 2.45) is 0 Å². The van der Waals surface area contributed by atoms with Gasteiger partial charge in [0, 0.05) is 18.0 Å². The van der Waals surface area contributed by atoms with Crippen molar-refractivity contribution in [3.63, 3.8) is 0 Å². The number of nitrogens with zero attached hydrogens (tertiary/aromatic N) is 1. The van der Waals surface area contributed by atoms with Gasteiger partial charge in [-0.2, -0.15) is 0 Å². The third-order valence-corrected chi connectivity index (χ3v) is 1.43. The molecule has 0 unspecified atom stereocenters. The summed E-state index contributed by atoms with van der Waals surface area (Å²) in [5, 5.41) is 8.65. The molecule has 0 amide bonds. The third kappa shape index (κ3) is 2.72. The summed E-state index contributed by atoms with van der Waals surface area (Å²) in [4.78, 5) is 3.91. The molecule has 0 aliphatic rings. The van der Waals surface area contributed by atoms with Crippen molar-refractivity contribution in [3.05, 3.63) is 49.0 Å². The molecule has 0 spiro atoms. The SMILES string of the molecule is C=C(CO)OC(=C)c1cccnc1. The molecule has 0 aliphatic heterocycles. The first kappa shape index (κ1) is 9.48. The van der Waals surface area contributed by atoms with E-state index >= 15 is 0 Å². The Morgan fingerprint density at radius 3 is 2.85 bits per heavy atom. The highest BCUT2D eigenvalue weighted by molar-refractivity contribution is 5.56. The first-order chi connectivity index (χ1) is 6.24. The van der Waals surface area contributed by atoms with Crippen molar-refractivity contribution in [3.8, 4) is 0 Å². The summed E-state index contributed by atoms with van der Waals surface area (Å²) >= 11 is 0. The molecular formula is C10H11NO2. The molecule has 0 fully saturated rings. The minimum Gasteiger partial charge on any atom is -0.460 e. The highest BCUT2D eigenvalue weighted by Crippen LogP contribution is 2.14. The number of hydrogen-bond acceptors (Lipinski definition) is 3. The van der Waals surface area contributed by atoms with Gasteiger partial charge in [0.05, 0.1) is 0 Å². The summed E-state index contributed by atoms with van der Waals surface area (Å²) in [6.45, 7) is 6.95. The van der Waals surface area contributed by atoms with Crippen LogP contribution in [0.25, 0.3) is 5.76 Å². The summed E-state index contributed by atoms with van der Waals surface area (Å²) in [5.74, 6) is 0.709. The Bertz CT molecular complexity index is 306. The van der Waals surface area contributed by atoms with Crippen LogP contribution in [0.2, 0.25) is 0 Å². The molecule has 0 atom stereocenters. The zero-order chi connectivity index (χ0) is 9.68. The van der Waals surface area contributed by atoms with Crippen LogP contribution in [-0.2, 0) is 4.74 Å². The fourth-order valence-corrected chi connectivity index (χ4v) is 0.793. The topological polar surface area (TPSA) is 42.4 Å². The predicted octanol–water partition coefficient (Wildman–Crippen LogP) is 1.57. The number of pyridine rings is 1. The van der Waals surface area contributed by atoms with Gasteiger partial charge in [0.1, 0.15) is 18.1 Å². The molecule has 0 bridgehead atoms. The van der Waals surface area contributed by atoms with E-state index < -0.39 is 0 Å². The average molecular weight is 177 g/mol. The zero-order valence-corrected chi connectivity index (χ0v) is 7.23. The molecule has 1 aromatic rings. The Hall–Kier alpha value is -1.61. The molecule has 1 N–H and O–H groups in total. The van der Waals surface area contributed by atoms with Crippen molar-refractivity contribution in [1.29, 1.82) is 0 Å². The summed E-state index contributed by atoms with van der Waals surface area (Å²) < 4.78 is 5.11. The highest BCUT2D eigenvalue weighted by Gasteiger charge is 2.00. The Morgan fingerprint density at radius 1 is 1.54 bits per heavy atom. The van der Waals surface area contributed by atoms with E-state index in [0.29, 0.717) is 5.76 Å². The number of aliphatic hydroxyl groups is 1. The van der Waals surface area contributed by atoms with Crippen molar-refractivity contribution in [2.75, 3.05) is 6.61 Å². The van der Waals surface area contributed by atoms with Crippen LogP contribution in [-0.4, -0.2) is 16.7 Å². The van der Waals surface area contributed by atoms with E-state index in [0.717, 1.165) is 5.56 Å². The first-order valence-corrected chi connectivity index (χ1v) is 3.80. The highest BCUT2D eigenvalue weighted by atomic mass is 16.5. The van der Waals surface area contributed by atoms with E-state index in [2.05, 4.69) is 18.1 Å². The van der Waals surface area contributed by atoms with Crippen LogP contribution in [0.3, 0.4) is 0 Å². The second kappa shape index (κ2) is 4.42. The predicted molar refractivity (Wildman–Crippen MR) is 50.6 cm³/mol. The molecule has 0 saturated heterocycles. The van der Waals surface area contributed by atoms with Crippen LogP contribution in [0.4, 0.5) is 0 Å². The largest absolute Gasteiger partial charge is 0.460 e. The molecule has 1 heterocycles. The zero-order valence-electron chi connectivity index (χ0n) is 7.23. The van der Waals surface area contributed by atoms with Crippen LogP contribution < -0.4 is 0 Å². The summed E-state index contributed by atoms with van der Waals surface area (Å²) in [7, 11) is 0. The Morgan fingerprint density at radius 2 is 2.31 bits per heavy atom. The quantitative estimate of drug-likeness (QED) is 0.710. The minimum atomic E-state index is -0.209. The Labute approximate surface area is 77.0 Å². The molecule has 0 radical (unpaired) electrons. The standard InChI is InChI=1S/C10H11NO2/c1-8(7-12)13-9(2)10-4-3-5-11-6-10/h3-6,12H,1-2,7H2. The summed E-state index contributed by atoms with van der Waals surface area (Å²) in [5.41, 5.74) is 0.775. The molecule has 0 saturated carbocycles. The van der Waals surface area contributed by atoms with Crippen LogP contribution in [0.15, 0.2) is 43.4 Å². The van der Waals surface area contributed by atoms with Gasteiger partial charge < -0.3 is 9.84 Å².